The van der Waals surface area contributed by atoms with Crippen LogP contribution in [-0.2, 0) is 0 Å². The Balaban J connectivity index is 1.28. The summed E-state index contributed by atoms with van der Waals surface area (Å²) in [6.07, 6.45) is 0. The second kappa shape index (κ2) is 11.3. The number of aromatic nitrogens is 4. The molecule has 0 unspecified atom stereocenters. The minimum Gasteiger partial charge on any atom is -0.378 e. The molecule has 0 fully saturated rings. The highest BCUT2D eigenvalue weighted by atomic mass is 16.1. The number of aliphatic imine (C=N–C) groups is 1. The molecule has 0 amide bonds. The number of nitrogens with zero attached hydrogens (tertiary/aromatic N) is 9. The Labute approximate surface area is 301 Å². The van der Waals surface area contributed by atoms with Crippen molar-refractivity contribution in [3.63, 3.8) is 0 Å². The molecule has 1 N–H and O–H groups in total. The molecule has 11 heteroatoms. The molecule has 1 aliphatic heterocycles. The summed E-state index contributed by atoms with van der Waals surface area (Å²) < 4.78 is 3.96. The number of rotatable bonds is 5. The average molecular weight is 689 g/mol. The average Bonchev–Trinajstić information content (AvgIpc) is 3.62. The molecule has 11 nitrogen and oxygen atoms in total. The van der Waals surface area contributed by atoms with Crippen LogP contribution in [0.15, 0.2) is 94.7 Å². The zero-order chi connectivity index (χ0) is 36.2. The number of anilines is 5. The lowest BCUT2D eigenvalue weighted by Gasteiger charge is -2.23. The number of hydrogen-bond acceptors (Lipinski definition) is 9. The van der Waals surface area contributed by atoms with Gasteiger partial charge in [-0.1, -0.05) is 12.1 Å². The van der Waals surface area contributed by atoms with Gasteiger partial charge in [0.25, 0.3) is 0 Å². The highest BCUT2D eigenvalue weighted by molar-refractivity contribution is 6.17. The summed E-state index contributed by atoms with van der Waals surface area (Å²) in [5, 5.41) is 5.69. The molecule has 0 bridgehead atoms. The van der Waals surface area contributed by atoms with Crippen LogP contribution in [0.2, 0.25) is 0 Å². The SMILES string of the molecule is CN(C)c1ccc2c(c1)-c1cc(N(C)C)ccc1C2c1nc2n3c(cc(=O)cc3n1)NC(n1c3ccc(N(C)C)cc3c3cc(N(C)C)ccc31)=N2. The van der Waals surface area contributed by atoms with E-state index in [2.05, 4.69) is 159 Å². The van der Waals surface area contributed by atoms with Gasteiger partial charge in [-0.25, -0.2) is 9.38 Å². The molecule has 4 heterocycles. The Morgan fingerprint density at radius 1 is 0.596 bits per heavy atom. The predicted octanol–water partition coefficient (Wildman–Crippen LogP) is 6.58. The molecule has 52 heavy (non-hydrogen) atoms. The van der Waals surface area contributed by atoms with Crippen LogP contribution in [0.25, 0.3) is 38.6 Å². The summed E-state index contributed by atoms with van der Waals surface area (Å²) in [5.41, 5.74) is 11.3. The second-order valence-electron chi connectivity index (χ2n) is 14.5. The topological polar surface area (TPSA) is 89.5 Å². The number of fused-ring (bicyclic) bond motifs is 6. The monoisotopic (exact) mass is 688 g/mol. The molecule has 7 aromatic rings. The summed E-state index contributed by atoms with van der Waals surface area (Å²) in [7, 11) is 16.4. The Hall–Kier alpha value is -6.36. The Morgan fingerprint density at radius 2 is 1.10 bits per heavy atom. The van der Waals surface area contributed by atoms with Crippen LogP contribution in [0.4, 0.5) is 34.5 Å². The molecule has 3 aromatic heterocycles. The van der Waals surface area contributed by atoms with Crippen molar-refractivity contribution in [3.8, 4) is 11.1 Å². The van der Waals surface area contributed by atoms with E-state index in [0.717, 1.165) is 66.8 Å². The second-order valence-corrected chi connectivity index (χ2v) is 14.5. The van der Waals surface area contributed by atoms with Gasteiger partial charge in [0, 0.05) is 102 Å². The third kappa shape index (κ3) is 4.72. The Kier molecular flexibility index (Phi) is 6.88. The predicted molar refractivity (Wildman–Crippen MR) is 215 cm³/mol. The smallest absolute Gasteiger partial charge is 0.242 e. The van der Waals surface area contributed by atoms with Gasteiger partial charge in [-0.3, -0.25) is 9.36 Å². The quantitative estimate of drug-likeness (QED) is 0.217. The van der Waals surface area contributed by atoms with Crippen LogP contribution in [-0.4, -0.2) is 81.3 Å². The van der Waals surface area contributed by atoms with Crippen LogP contribution < -0.4 is 30.3 Å². The zero-order valence-electron chi connectivity index (χ0n) is 30.6. The van der Waals surface area contributed by atoms with E-state index in [0.29, 0.717) is 29.2 Å². The Morgan fingerprint density at radius 3 is 1.62 bits per heavy atom. The van der Waals surface area contributed by atoms with Crippen LogP contribution in [0.3, 0.4) is 0 Å². The van der Waals surface area contributed by atoms with E-state index in [4.69, 9.17) is 15.0 Å². The van der Waals surface area contributed by atoms with Gasteiger partial charge >= 0.3 is 0 Å². The zero-order valence-corrected chi connectivity index (χ0v) is 30.6. The highest BCUT2D eigenvalue weighted by Gasteiger charge is 2.34. The number of pyridine rings is 1. The molecule has 0 saturated carbocycles. The maximum atomic E-state index is 13.3. The number of nitrogens with one attached hydrogen (secondary N) is 1. The third-order valence-corrected chi connectivity index (χ3v) is 10.4. The van der Waals surface area contributed by atoms with E-state index >= 15 is 0 Å². The third-order valence-electron chi connectivity index (χ3n) is 10.4. The van der Waals surface area contributed by atoms with Gasteiger partial charge in [0.15, 0.2) is 5.43 Å². The summed E-state index contributed by atoms with van der Waals surface area (Å²) in [6, 6.07) is 29.2. The minimum atomic E-state index is -0.242. The first-order valence-corrected chi connectivity index (χ1v) is 17.3. The van der Waals surface area contributed by atoms with Crippen molar-refractivity contribution in [1.82, 2.24) is 18.9 Å². The maximum Gasteiger partial charge on any atom is 0.242 e. The Bertz CT molecular complexity index is 2600. The lowest BCUT2D eigenvalue weighted by atomic mass is 9.95. The molecule has 0 radical (unpaired) electrons. The van der Waals surface area contributed by atoms with Crippen LogP contribution >= 0.6 is 0 Å². The van der Waals surface area contributed by atoms with Crippen molar-refractivity contribution in [2.24, 2.45) is 4.99 Å². The van der Waals surface area contributed by atoms with Crippen molar-refractivity contribution in [2.75, 3.05) is 81.3 Å². The summed E-state index contributed by atoms with van der Waals surface area (Å²) in [6.45, 7) is 0. The van der Waals surface area contributed by atoms with E-state index < -0.39 is 0 Å². The van der Waals surface area contributed by atoms with Crippen molar-refractivity contribution in [1.29, 1.82) is 0 Å². The molecule has 0 saturated heterocycles. The van der Waals surface area contributed by atoms with Gasteiger partial charge in [0.1, 0.15) is 17.3 Å². The van der Waals surface area contributed by atoms with Crippen molar-refractivity contribution in [3.05, 3.63) is 112 Å². The van der Waals surface area contributed by atoms with Gasteiger partial charge < -0.3 is 24.9 Å². The fourth-order valence-electron chi connectivity index (χ4n) is 7.63. The molecular weight excluding hydrogens is 649 g/mol. The maximum absolute atomic E-state index is 13.3. The van der Waals surface area contributed by atoms with Gasteiger partial charge in [0.2, 0.25) is 11.9 Å². The molecular formula is C41H40N10O. The molecule has 260 valence electrons. The largest absolute Gasteiger partial charge is 0.378 e. The summed E-state index contributed by atoms with van der Waals surface area (Å²) in [4.78, 5) is 37.2. The number of hydrogen-bond donors (Lipinski definition) is 1. The van der Waals surface area contributed by atoms with E-state index in [1.807, 2.05) is 4.40 Å². The first-order valence-electron chi connectivity index (χ1n) is 17.3. The fraction of sp³-hybridized carbons (Fsp3) is 0.220. The van der Waals surface area contributed by atoms with Gasteiger partial charge in [-0.2, -0.15) is 9.98 Å². The summed E-state index contributed by atoms with van der Waals surface area (Å²) >= 11 is 0. The standard InChI is InChI=1S/C41H40N10O/c1-46(2)23-9-13-28-30(17-23)31-18-24(47(3)4)10-14-29(31)38(28)39-42-36-21-27(52)22-37-43-40(45-41(44-39)51(36)37)50-34-15-11-25(48(5)6)19-32(34)33-20-26(49(7)8)12-16-35(33)50/h9-22,38H,1-8H3,(H,42,43,44,45). The van der Waals surface area contributed by atoms with Crippen molar-refractivity contribution < 1.29 is 0 Å². The molecule has 2 aliphatic rings. The summed E-state index contributed by atoms with van der Waals surface area (Å²) in [5.74, 6) is 1.94. The van der Waals surface area contributed by atoms with Crippen LogP contribution in [0.5, 0.6) is 0 Å². The van der Waals surface area contributed by atoms with E-state index in [9.17, 15) is 4.79 Å². The van der Waals surface area contributed by atoms with E-state index in [1.165, 1.54) is 0 Å². The fourth-order valence-corrected chi connectivity index (χ4v) is 7.63. The van der Waals surface area contributed by atoms with Crippen LogP contribution in [0, 0.1) is 0 Å². The van der Waals surface area contributed by atoms with Gasteiger partial charge in [0.05, 0.1) is 17.0 Å². The minimum absolute atomic E-state index is 0.147. The first-order chi connectivity index (χ1) is 25.0. The van der Waals surface area contributed by atoms with E-state index in [1.54, 1.807) is 12.1 Å². The molecule has 4 aromatic carbocycles. The number of benzene rings is 4. The van der Waals surface area contributed by atoms with Gasteiger partial charge in [-0.15, -0.1) is 0 Å². The molecule has 0 atom stereocenters. The first kappa shape index (κ1) is 31.6. The lowest BCUT2D eigenvalue weighted by molar-refractivity contribution is 0.842. The molecule has 9 rings (SSSR count). The van der Waals surface area contributed by atoms with Crippen molar-refractivity contribution >= 4 is 67.9 Å². The molecule has 1 aliphatic carbocycles. The highest BCUT2D eigenvalue weighted by Crippen LogP contribution is 2.49. The normalized spacial score (nSPS) is 13.3. The molecule has 0 spiro atoms. The van der Waals surface area contributed by atoms with Gasteiger partial charge in [-0.05, 0) is 82.9 Å². The lowest BCUT2D eigenvalue weighted by Crippen LogP contribution is -2.28. The van der Waals surface area contributed by atoms with E-state index in [-0.39, 0.29) is 11.3 Å². The van der Waals surface area contributed by atoms with Crippen molar-refractivity contribution in [2.45, 2.75) is 5.92 Å². The van der Waals surface area contributed by atoms with Crippen LogP contribution in [0.1, 0.15) is 22.9 Å².